The number of rotatable bonds is 4. The van der Waals surface area contributed by atoms with Gasteiger partial charge in [0.15, 0.2) is 4.67 Å². The highest BCUT2D eigenvalue weighted by Crippen LogP contribution is 2.29. The van der Waals surface area contributed by atoms with E-state index in [1.54, 1.807) is 11.3 Å². The van der Waals surface area contributed by atoms with E-state index >= 15 is 0 Å². The van der Waals surface area contributed by atoms with Crippen molar-refractivity contribution in [3.05, 3.63) is 42.3 Å². The van der Waals surface area contributed by atoms with E-state index in [0.29, 0.717) is 6.54 Å². The molecule has 0 bridgehead atoms. The number of hydrogen-bond acceptors (Lipinski definition) is 3. The minimum absolute atomic E-state index is 0.259. The van der Waals surface area contributed by atoms with E-state index in [9.17, 15) is 0 Å². The largest absolute Gasteiger partial charge is 0.452 e. The second-order valence-electron chi connectivity index (χ2n) is 3.58. The lowest BCUT2D eigenvalue weighted by atomic mass is 10.2. The molecule has 2 aromatic heterocycles. The predicted molar refractivity (Wildman–Crippen MR) is 78.7 cm³/mol. The summed E-state index contributed by atoms with van der Waals surface area (Å²) in [7, 11) is 0. The minimum atomic E-state index is 0.259. The van der Waals surface area contributed by atoms with Gasteiger partial charge in [0.1, 0.15) is 5.76 Å². The lowest BCUT2D eigenvalue weighted by Crippen LogP contribution is -2.16. The van der Waals surface area contributed by atoms with Crippen LogP contribution in [0, 0.1) is 0 Å². The molecule has 0 amide bonds. The molecule has 0 aliphatic rings. The van der Waals surface area contributed by atoms with Gasteiger partial charge >= 0.3 is 0 Å². The normalized spacial score (nSPS) is 12.9. The summed E-state index contributed by atoms with van der Waals surface area (Å²) >= 11 is 14.2. The lowest BCUT2D eigenvalue weighted by molar-refractivity contribution is 0.448. The molecule has 17 heavy (non-hydrogen) atoms. The standard InChI is InChI=1S/C11H10Br2ClNOS/c1-6(9-2-3-10(14)17-9)15-5-7-4-8(12)11(13)16-7/h2-4,6,15H,5H2,1H3. The lowest BCUT2D eigenvalue weighted by Gasteiger charge is -2.10. The van der Waals surface area contributed by atoms with E-state index < -0.39 is 0 Å². The maximum atomic E-state index is 5.91. The van der Waals surface area contributed by atoms with Crippen molar-refractivity contribution in [2.75, 3.05) is 0 Å². The first-order valence-electron chi connectivity index (χ1n) is 4.98. The Balaban J connectivity index is 1.94. The van der Waals surface area contributed by atoms with Gasteiger partial charge in [-0.05, 0) is 57.0 Å². The Hall–Kier alpha value is 0.190. The molecule has 1 atom stereocenters. The zero-order valence-corrected chi connectivity index (χ0v) is 13.7. The van der Waals surface area contributed by atoms with Crippen LogP contribution in [0.5, 0.6) is 0 Å². The van der Waals surface area contributed by atoms with Crippen LogP contribution in [-0.4, -0.2) is 0 Å². The SMILES string of the molecule is CC(NCc1cc(Br)c(Br)o1)c1ccc(Cl)s1. The van der Waals surface area contributed by atoms with Gasteiger partial charge in [-0.3, -0.25) is 0 Å². The molecule has 0 spiro atoms. The fraction of sp³-hybridized carbons (Fsp3) is 0.273. The molecule has 2 rings (SSSR count). The number of furan rings is 1. The number of hydrogen-bond donors (Lipinski definition) is 1. The highest BCUT2D eigenvalue weighted by atomic mass is 79.9. The van der Waals surface area contributed by atoms with Gasteiger partial charge in [0, 0.05) is 10.9 Å². The molecule has 92 valence electrons. The van der Waals surface area contributed by atoms with Crippen molar-refractivity contribution in [2.45, 2.75) is 19.5 Å². The maximum Gasteiger partial charge on any atom is 0.183 e. The third kappa shape index (κ3) is 3.58. The van der Waals surface area contributed by atoms with Crippen molar-refractivity contribution in [3.63, 3.8) is 0 Å². The fourth-order valence-corrected chi connectivity index (χ4v) is 3.14. The molecular formula is C11H10Br2ClNOS. The molecule has 0 aromatic carbocycles. The van der Waals surface area contributed by atoms with E-state index in [0.717, 1.165) is 19.2 Å². The molecule has 1 N–H and O–H groups in total. The van der Waals surface area contributed by atoms with Crippen molar-refractivity contribution >= 4 is 54.8 Å². The Labute approximate surface area is 126 Å². The molecule has 2 nitrogen and oxygen atoms in total. The summed E-state index contributed by atoms with van der Waals surface area (Å²) < 4.78 is 7.96. The highest BCUT2D eigenvalue weighted by molar-refractivity contribution is 9.13. The molecule has 1 unspecified atom stereocenters. The van der Waals surface area contributed by atoms with Gasteiger partial charge < -0.3 is 9.73 Å². The molecule has 2 aromatic rings. The van der Waals surface area contributed by atoms with E-state index in [2.05, 4.69) is 44.1 Å². The summed E-state index contributed by atoms with van der Waals surface area (Å²) in [5.41, 5.74) is 0. The summed E-state index contributed by atoms with van der Waals surface area (Å²) in [5.74, 6) is 0.887. The molecule has 0 radical (unpaired) electrons. The van der Waals surface area contributed by atoms with E-state index in [1.807, 2.05) is 18.2 Å². The van der Waals surface area contributed by atoms with E-state index in [-0.39, 0.29) is 6.04 Å². The molecule has 0 fully saturated rings. The van der Waals surface area contributed by atoms with Gasteiger partial charge in [-0.15, -0.1) is 11.3 Å². The molecule has 0 saturated heterocycles. The van der Waals surface area contributed by atoms with Crippen LogP contribution in [0.25, 0.3) is 0 Å². The molecule has 2 heterocycles. The molecule has 0 aliphatic heterocycles. The third-order valence-corrected chi connectivity index (χ3v) is 5.42. The average Bonchev–Trinajstić information content (AvgIpc) is 2.83. The maximum absolute atomic E-state index is 5.91. The van der Waals surface area contributed by atoms with Crippen molar-refractivity contribution in [1.82, 2.24) is 5.32 Å². The van der Waals surface area contributed by atoms with Crippen LogP contribution in [-0.2, 0) is 6.54 Å². The summed E-state index contributed by atoms with van der Waals surface area (Å²) in [5, 5.41) is 3.39. The topological polar surface area (TPSA) is 25.2 Å². The fourth-order valence-electron chi connectivity index (χ4n) is 1.39. The first-order valence-corrected chi connectivity index (χ1v) is 7.76. The van der Waals surface area contributed by atoms with Crippen LogP contribution in [0.1, 0.15) is 23.6 Å². The molecular weight excluding hydrogens is 389 g/mol. The summed E-state index contributed by atoms with van der Waals surface area (Å²) in [6.07, 6.45) is 0. The van der Waals surface area contributed by atoms with Crippen LogP contribution in [0.3, 0.4) is 0 Å². The first kappa shape index (κ1) is 13.6. The monoisotopic (exact) mass is 397 g/mol. The van der Waals surface area contributed by atoms with Crippen LogP contribution >= 0.6 is 54.8 Å². The van der Waals surface area contributed by atoms with E-state index in [1.165, 1.54) is 4.88 Å². The Morgan fingerprint density at radius 1 is 1.47 bits per heavy atom. The van der Waals surface area contributed by atoms with Gasteiger partial charge in [0.25, 0.3) is 0 Å². The quantitative estimate of drug-likeness (QED) is 0.748. The third-order valence-electron chi connectivity index (χ3n) is 2.30. The zero-order valence-electron chi connectivity index (χ0n) is 8.97. The second-order valence-corrected chi connectivity index (χ2v) is 6.90. The summed E-state index contributed by atoms with van der Waals surface area (Å²) in [4.78, 5) is 1.22. The first-order chi connectivity index (χ1) is 8.06. The van der Waals surface area contributed by atoms with Crippen molar-refractivity contribution in [3.8, 4) is 0 Å². The zero-order chi connectivity index (χ0) is 12.4. The van der Waals surface area contributed by atoms with Crippen molar-refractivity contribution in [1.29, 1.82) is 0 Å². The van der Waals surface area contributed by atoms with Gasteiger partial charge in [-0.25, -0.2) is 0 Å². The minimum Gasteiger partial charge on any atom is -0.452 e. The van der Waals surface area contributed by atoms with Crippen LogP contribution in [0.2, 0.25) is 4.34 Å². The Kier molecular flexibility index (Phi) is 4.72. The Morgan fingerprint density at radius 3 is 2.76 bits per heavy atom. The van der Waals surface area contributed by atoms with Gasteiger partial charge in [0.2, 0.25) is 0 Å². The number of halogens is 3. The van der Waals surface area contributed by atoms with Gasteiger partial charge in [0.05, 0.1) is 15.4 Å². The summed E-state index contributed by atoms with van der Waals surface area (Å²) in [6.45, 7) is 2.79. The smallest absolute Gasteiger partial charge is 0.183 e. The summed E-state index contributed by atoms with van der Waals surface area (Å²) in [6, 6.07) is 6.17. The van der Waals surface area contributed by atoms with Crippen LogP contribution in [0.15, 0.2) is 31.8 Å². The Bertz CT molecular complexity index is 492. The molecule has 6 heteroatoms. The van der Waals surface area contributed by atoms with Gasteiger partial charge in [-0.2, -0.15) is 0 Å². The highest BCUT2D eigenvalue weighted by Gasteiger charge is 2.10. The van der Waals surface area contributed by atoms with Crippen molar-refractivity contribution < 1.29 is 4.42 Å². The van der Waals surface area contributed by atoms with E-state index in [4.69, 9.17) is 16.0 Å². The van der Waals surface area contributed by atoms with Crippen molar-refractivity contribution in [2.24, 2.45) is 0 Å². The predicted octanol–water partition coefficient (Wildman–Crippen LogP) is 5.37. The average molecular weight is 400 g/mol. The number of thiophene rings is 1. The Morgan fingerprint density at radius 2 is 2.24 bits per heavy atom. The second kappa shape index (κ2) is 5.89. The number of nitrogens with one attached hydrogen (secondary N) is 1. The molecule has 0 saturated carbocycles. The van der Waals surface area contributed by atoms with Crippen LogP contribution in [0.4, 0.5) is 0 Å². The van der Waals surface area contributed by atoms with Gasteiger partial charge in [-0.1, -0.05) is 11.6 Å². The molecule has 0 aliphatic carbocycles. The van der Waals surface area contributed by atoms with Crippen LogP contribution < -0.4 is 5.32 Å².